The zero-order valence-electron chi connectivity index (χ0n) is 11.2. The highest BCUT2D eigenvalue weighted by atomic mass is 16.5. The van der Waals surface area contributed by atoms with Crippen LogP contribution in [0.4, 0.5) is 0 Å². The molecule has 1 fully saturated rings. The maximum atomic E-state index is 5.79. The van der Waals surface area contributed by atoms with Gasteiger partial charge in [-0.1, -0.05) is 27.4 Å². The number of hydrogen-bond donors (Lipinski definition) is 0. The van der Waals surface area contributed by atoms with E-state index in [1.54, 1.807) is 0 Å². The van der Waals surface area contributed by atoms with Crippen LogP contribution in [0.5, 0.6) is 0 Å². The van der Waals surface area contributed by atoms with Crippen molar-refractivity contribution in [2.75, 3.05) is 39.8 Å². The fraction of sp³-hybridized carbons (Fsp3) is 0.846. The van der Waals surface area contributed by atoms with Crippen molar-refractivity contribution in [3.8, 4) is 0 Å². The minimum atomic E-state index is 0.328. The van der Waals surface area contributed by atoms with Crippen LogP contribution in [0, 0.1) is 5.92 Å². The van der Waals surface area contributed by atoms with Crippen LogP contribution < -0.4 is 0 Å². The lowest BCUT2D eigenvalue weighted by Crippen LogP contribution is -2.46. The topological polar surface area (TPSA) is 15.7 Å². The average Bonchev–Trinajstić information content (AvgIpc) is 2.28. The Bertz CT molecular complexity index is 228. The highest BCUT2D eigenvalue weighted by Crippen LogP contribution is 2.13. The molecule has 3 heteroatoms. The van der Waals surface area contributed by atoms with Crippen LogP contribution in [0.3, 0.4) is 0 Å². The van der Waals surface area contributed by atoms with Crippen molar-refractivity contribution >= 4 is 0 Å². The minimum absolute atomic E-state index is 0.328. The summed E-state index contributed by atoms with van der Waals surface area (Å²) in [5.41, 5.74) is 1.19. The first-order chi connectivity index (χ1) is 7.54. The molecule has 94 valence electrons. The van der Waals surface area contributed by atoms with Gasteiger partial charge in [-0.05, 0) is 12.5 Å². The highest BCUT2D eigenvalue weighted by Gasteiger charge is 2.21. The molecule has 0 radical (unpaired) electrons. The summed E-state index contributed by atoms with van der Waals surface area (Å²) in [5.74, 6) is 0.510. The number of nitrogens with zero attached hydrogens (tertiary/aromatic N) is 2. The summed E-state index contributed by atoms with van der Waals surface area (Å²) in [4.78, 5) is 4.68. The summed E-state index contributed by atoms with van der Waals surface area (Å²) in [6.45, 7) is 15.7. The van der Waals surface area contributed by atoms with E-state index in [0.29, 0.717) is 12.0 Å². The molecular formula is C13H26N2O. The number of rotatable bonds is 5. The van der Waals surface area contributed by atoms with Crippen molar-refractivity contribution in [3.63, 3.8) is 0 Å². The maximum Gasteiger partial charge on any atom is 0.0876 e. The van der Waals surface area contributed by atoms with Gasteiger partial charge < -0.3 is 9.64 Å². The van der Waals surface area contributed by atoms with Gasteiger partial charge in [0, 0.05) is 32.4 Å². The summed E-state index contributed by atoms with van der Waals surface area (Å²) in [6, 6.07) is 0. The van der Waals surface area contributed by atoms with E-state index in [0.717, 1.165) is 32.8 Å². The van der Waals surface area contributed by atoms with E-state index in [4.69, 9.17) is 4.74 Å². The van der Waals surface area contributed by atoms with Gasteiger partial charge in [-0.2, -0.15) is 0 Å². The van der Waals surface area contributed by atoms with Crippen molar-refractivity contribution in [1.82, 2.24) is 9.80 Å². The molecule has 0 amide bonds. The SMILES string of the molecule is C=C(C(C)C)N(C)CC1CN(CC)CCO1. The number of allylic oxidation sites excluding steroid dienone is 1. The summed E-state index contributed by atoms with van der Waals surface area (Å²) >= 11 is 0. The van der Waals surface area contributed by atoms with E-state index in [2.05, 4.69) is 44.2 Å². The van der Waals surface area contributed by atoms with Gasteiger partial charge >= 0.3 is 0 Å². The predicted molar refractivity (Wildman–Crippen MR) is 68.5 cm³/mol. The summed E-state index contributed by atoms with van der Waals surface area (Å²) in [5, 5.41) is 0. The molecule has 1 saturated heterocycles. The second kappa shape index (κ2) is 6.26. The lowest BCUT2D eigenvalue weighted by Gasteiger charge is -2.35. The van der Waals surface area contributed by atoms with E-state index in [1.165, 1.54) is 5.70 Å². The Morgan fingerprint density at radius 2 is 2.25 bits per heavy atom. The van der Waals surface area contributed by atoms with E-state index >= 15 is 0 Å². The van der Waals surface area contributed by atoms with Gasteiger partial charge in [-0.25, -0.2) is 0 Å². The smallest absolute Gasteiger partial charge is 0.0876 e. The average molecular weight is 226 g/mol. The first-order valence-electron chi connectivity index (χ1n) is 6.28. The van der Waals surface area contributed by atoms with Crippen LogP contribution in [0.15, 0.2) is 12.3 Å². The summed E-state index contributed by atoms with van der Waals surface area (Å²) in [6.07, 6.45) is 0.328. The van der Waals surface area contributed by atoms with E-state index < -0.39 is 0 Å². The van der Waals surface area contributed by atoms with Crippen LogP contribution in [0.1, 0.15) is 20.8 Å². The Kier molecular flexibility index (Phi) is 5.29. The number of ether oxygens (including phenoxy) is 1. The molecule has 0 aromatic rings. The fourth-order valence-electron chi connectivity index (χ4n) is 2.04. The Labute approximate surface area is 100 Å². The summed E-state index contributed by atoms with van der Waals surface area (Å²) < 4.78 is 5.79. The Morgan fingerprint density at radius 3 is 2.81 bits per heavy atom. The molecule has 1 heterocycles. The van der Waals surface area contributed by atoms with Gasteiger partial charge in [0.15, 0.2) is 0 Å². The monoisotopic (exact) mass is 226 g/mol. The first kappa shape index (κ1) is 13.5. The van der Waals surface area contributed by atoms with Crippen molar-refractivity contribution in [2.45, 2.75) is 26.9 Å². The molecule has 1 atom stereocenters. The second-order valence-electron chi connectivity index (χ2n) is 4.91. The molecule has 0 aliphatic carbocycles. The van der Waals surface area contributed by atoms with Crippen molar-refractivity contribution < 1.29 is 4.74 Å². The molecule has 1 rings (SSSR count). The molecule has 1 aliphatic rings. The molecule has 0 aromatic carbocycles. The molecule has 0 aromatic heterocycles. The fourth-order valence-corrected chi connectivity index (χ4v) is 2.04. The lowest BCUT2D eigenvalue weighted by atomic mass is 10.1. The van der Waals surface area contributed by atoms with Gasteiger partial charge in [-0.15, -0.1) is 0 Å². The Morgan fingerprint density at radius 1 is 1.56 bits per heavy atom. The van der Waals surface area contributed by atoms with Gasteiger partial charge in [0.05, 0.1) is 12.7 Å². The third kappa shape index (κ3) is 3.80. The van der Waals surface area contributed by atoms with Gasteiger partial charge in [0.25, 0.3) is 0 Å². The molecular weight excluding hydrogens is 200 g/mol. The van der Waals surface area contributed by atoms with Crippen LogP contribution >= 0.6 is 0 Å². The third-order valence-corrected chi connectivity index (χ3v) is 3.30. The molecule has 0 spiro atoms. The van der Waals surface area contributed by atoms with Crippen LogP contribution in [-0.2, 0) is 4.74 Å². The van der Waals surface area contributed by atoms with E-state index in [1.807, 2.05) is 0 Å². The van der Waals surface area contributed by atoms with Gasteiger partial charge in [0.2, 0.25) is 0 Å². The molecule has 0 saturated carbocycles. The quantitative estimate of drug-likeness (QED) is 0.711. The molecule has 1 aliphatic heterocycles. The highest BCUT2D eigenvalue weighted by molar-refractivity contribution is 4.96. The normalized spacial score (nSPS) is 22.4. The van der Waals surface area contributed by atoms with Crippen LogP contribution in [-0.4, -0.2) is 55.7 Å². The number of hydrogen-bond acceptors (Lipinski definition) is 3. The Balaban J connectivity index is 2.38. The lowest BCUT2D eigenvalue weighted by molar-refractivity contribution is -0.0362. The zero-order chi connectivity index (χ0) is 12.1. The van der Waals surface area contributed by atoms with Crippen molar-refractivity contribution in [2.24, 2.45) is 5.92 Å². The van der Waals surface area contributed by atoms with Gasteiger partial charge in [-0.3, -0.25) is 4.90 Å². The predicted octanol–water partition coefficient (Wildman–Crippen LogP) is 1.81. The van der Waals surface area contributed by atoms with E-state index in [-0.39, 0.29) is 0 Å². The molecule has 3 nitrogen and oxygen atoms in total. The zero-order valence-corrected chi connectivity index (χ0v) is 11.2. The molecule has 1 unspecified atom stereocenters. The number of morpholine rings is 1. The molecule has 16 heavy (non-hydrogen) atoms. The minimum Gasteiger partial charge on any atom is -0.375 e. The molecule has 0 N–H and O–H groups in total. The largest absolute Gasteiger partial charge is 0.375 e. The van der Waals surface area contributed by atoms with Crippen LogP contribution in [0.2, 0.25) is 0 Å². The standard InChI is InChI=1S/C13H26N2O/c1-6-15-7-8-16-13(10-15)9-14(5)12(4)11(2)3/h11,13H,4,6-10H2,1-3,5H3. The number of likely N-dealkylation sites (N-methyl/N-ethyl adjacent to an activating group) is 2. The first-order valence-corrected chi connectivity index (χ1v) is 6.28. The summed E-state index contributed by atoms with van der Waals surface area (Å²) in [7, 11) is 2.11. The van der Waals surface area contributed by atoms with Crippen LogP contribution in [0.25, 0.3) is 0 Å². The maximum absolute atomic E-state index is 5.79. The molecule has 0 bridgehead atoms. The van der Waals surface area contributed by atoms with E-state index in [9.17, 15) is 0 Å². The van der Waals surface area contributed by atoms with Gasteiger partial charge in [0.1, 0.15) is 0 Å². The Hall–Kier alpha value is -0.540. The third-order valence-electron chi connectivity index (χ3n) is 3.30. The van der Waals surface area contributed by atoms with Crippen molar-refractivity contribution in [1.29, 1.82) is 0 Å². The second-order valence-corrected chi connectivity index (χ2v) is 4.91. The van der Waals surface area contributed by atoms with Crippen molar-refractivity contribution in [3.05, 3.63) is 12.3 Å².